The Bertz CT molecular complexity index is 575. The first-order chi connectivity index (χ1) is 8.63. The fraction of sp³-hybridized carbons (Fsp3) is 0.462. The quantitative estimate of drug-likeness (QED) is 0.614. The van der Waals surface area contributed by atoms with Gasteiger partial charge < -0.3 is 4.74 Å². The number of hydrogen-bond acceptors (Lipinski definition) is 4. The summed E-state index contributed by atoms with van der Waals surface area (Å²) in [6.45, 7) is 6.25. The number of carbonyl (C=O) groups excluding carboxylic acids is 1. The normalized spacial score (nSPS) is 10.8. The molecule has 0 spiro atoms. The molecule has 0 saturated carbocycles. The van der Waals surface area contributed by atoms with Crippen molar-refractivity contribution in [3.63, 3.8) is 0 Å². The summed E-state index contributed by atoms with van der Waals surface area (Å²) in [6.07, 6.45) is 3.43. The van der Waals surface area contributed by atoms with Gasteiger partial charge in [0.1, 0.15) is 0 Å². The van der Waals surface area contributed by atoms with E-state index < -0.39 is 0 Å². The molecule has 18 heavy (non-hydrogen) atoms. The number of hydrogen-bond donors (Lipinski definition) is 0. The first kappa shape index (κ1) is 12.5. The van der Waals surface area contributed by atoms with Crippen LogP contribution in [0.15, 0.2) is 12.3 Å². The van der Waals surface area contributed by atoms with Crippen LogP contribution in [0, 0.1) is 13.8 Å². The lowest BCUT2D eigenvalue weighted by Gasteiger charge is -2.07. The molecule has 0 N–H and O–H groups in total. The maximum absolute atomic E-state index is 11.9. The van der Waals surface area contributed by atoms with Gasteiger partial charge in [-0.2, -0.15) is 5.10 Å². The molecule has 2 aromatic rings. The number of ether oxygens (including phenoxy) is 1. The molecule has 2 heterocycles. The molecule has 0 bridgehead atoms. The maximum Gasteiger partial charge on any atom is 0.341 e. The highest BCUT2D eigenvalue weighted by Crippen LogP contribution is 2.12. The van der Waals surface area contributed by atoms with E-state index in [-0.39, 0.29) is 5.97 Å². The maximum atomic E-state index is 11.9. The Morgan fingerprint density at radius 2 is 2.22 bits per heavy atom. The average Bonchev–Trinajstić information content (AvgIpc) is 2.71. The van der Waals surface area contributed by atoms with Gasteiger partial charge in [0, 0.05) is 12.3 Å². The van der Waals surface area contributed by atoms with E-state index in [1.165, 1.54) is 0 Å². The van der Waals surface area contributed by atoms with E-state index in [0.29, 0.717) is 12.2 Å². The third kappa shape index (κ3) is 2.34. The second kappa shape index (κ2) is 5.16. The molecular weight excluding hydrogens is 230 g/mol. The van der Waals surface area contributed by atoms with Crippen LogP contribution in [0.1, 0.15) is 41.5 Å². The number of nitrogens with zero attached hydrogens (tertiary/aromatic N) is 3. The van der Waals surface area contributed by atoms with Gasteiger partial charge in [-0.15, -0.1) is 0 Å². The van der Waals surface area contributed by atoms with Crippen LogP contribution < -0.4 is 0 Å². The van der Waals surface area contributed by atoms with Gasteiger partial charge in [0.05, 0.1) is 23.6 Å². The van der Waals surface area contributed by atoms with Crippen LogP contribution in [0.3, 0.4) is 0 Å². The number of carbonyl (C=O) groups is 1. The lowest BCUT2D eigenvalue weighted by molar-refractivity contribution is 0.0497. The highest BCUT2D eigenvalue weighted by molar-refractivity contribution is 5.90. The number of fused-ring (bicyclic) bond motifs is 1. The molecule has 0 aliphatic rings. The Labute approximate surface area is 106 Å². The summed E-state index contributed by atoms with van der Waals surface area (Å²) in [5, 5.41) is 4.30. The Hall–Kier alpha value is -1.91. The topological polar surface area (TPSA) is 56.5 Å². The number of rotatable bonds is 4. The summed E-state index contributed by atoms with van der Waals surface area (Å²) in [4.78, 5) is 16.1. The van der Waals surface area contributed by atoms with Crippen molar-refractivity contribution in [3.05, 3.63) is 29.2 Å². The minimum atomic E-state index is -0.330. The summed E-state index contributed by atoms with van der Waals surface area (Å²) in [7, 11) is 0. The van der Waals surface area contributed by atoms with Gasteiger partial charge in [-0.1, -0.05) is 13.3 Å². The van der Waals surface area contributed by atoms with Gasteiger partial charge in [-0.3, -0.25) is 0 Å². The van der Waals surface area contributed by atoms with Crippen LogP contribution in [0.4, 0.5) is 0 Å². The lowest BCUT2D eigenvalue weighted by atomic mass is 10.2. The Morgan fingerprint density at radius 3 is 2.94 bits per heavy atom. The van der Waals surface area contributed by atoms with Crippen LogP contribution in [-0.2, 0) is 4.74 Å². The summed E-state index contributed by atoms with van der Waals surface area (Å²) in [5.41, 5.74) is 2.86. The lowest BCUT2D eigenvalue weighted by Crippen LogP contribution is -2.11. The van der Waals surface area contributed by atoms with Crippen molar-refractivity contribution in [1.29, 1.82) is 0 Å². The molecule has 5 nitrogen and oxygen atoms in total. The van der Waals surface area contributed by atoms with E-state index >= 15 is 0 Å². The minimum Gasteiger partial charge on any atom is -0.462 e. The molecule has 2 rings (SSSR count). The zero-order chi connectivity index (χ0) is 13.1. The highest BCUT2D eigenvalue weighted by atomic mass is 16.5. The average molecular weight is 247 g/mol. The van der Waals surface area contributed by atoms with Crippen molar-refractivity contribution in [2.75, 3.05) is 6.61 Å². The van der Waals surface area contributed by atoms with Gasteiger partial charge in [0.15, 0.2) is 5.65 Å². The van der Waals surface area contributed by atoms with Crippen LogP contribution in [0.5, 0.6) is 0 Å². The van der Waals surface area contributed by atoms with E-state index in [1.54, 1.807) is 10.7 Å². The molecule has 0 aliphatic heterocycles. The van der Waals surface area contributed by atoms with Crippen molar-refractivity contribution in [3.8, 4) is 0 Å². The highest BCUT2D eigenvalue weighted by Gasteiger charge is 2.14. The third-order valence-electron chi connectivity index (χ3n) is 2.80. The number of aromatic nitrogens is 3. The van der Waals surface area contributed by atoms with Crippen LogP contribution in [0.25, 0.3) is 5.65 Å². The molecule has 96 valence electrons. The molecule has 0 amide bonds. The molecule has 0 unspecified atom stereocenters. The van der Waals surface area contributed by atoms with E-state index in [2.05, 4.69) is 17.0 Å². The first-order valence-corrected chi connectivity index (χ1v) is 6.12. The third-order valence-corrected chi connectivity index (χ3v) is 2.80. The number of unbranched alkanes of at least 4 members (excludes halogenated alkanes) is 1. The predicted octanol–water partition coefficient (Wildman–Crippen LogP) is 2.30. The van der Waals surface area contributed by atoms with E-state index in [0.717, 1.165) is 29.9 Å². The molecule has 5 heteroatoms. The van der Waals surface area contributed by atoms with Crippen LogP contribution in [0.2, 0.25) is 0 Å². The number of esters is 1. The Kier molecular flexibility index (Phi) is 3.60. The molecule has 0 atom stereocenters. The molecule has 0 fully saturated rings. The fourth-order valence-electron chi connectivity index (χ4n) is 1.75. The van der Waals surface area contributed by atoms with Crippen molar-refractivity contribution in [2.24, 2.45) is 0 Å². The van der Waals surface area contributed by atoms with E-state index in [9.17, 15) is 4.79 Å². The van der Waals surface area contributed by atoms with Crippen LogP contribution in [-0.4, -0.2) is 27.2 Å². The molecule has 0 radical (unpaired) electrons. The van der Waals surface area contributed by atoms with Crippen molar-refractivity contribution in [1.82, 2.24) is 14.6 Å². The van der Waals surface area contributed by atoms with Gasteiger partial charge in [-0.05, 0) is 20.3 Å². The Balaban J connectivity index is 2.28. The Morgan fingerprint density at radius 1 is 1.44 bits per heavy atom. The molecule has 0 aliphatic carbocycles. The second-order valence-electron chi connectivity index (χ2n) is 4.30. The SMILES string of the molecule is CCCCOC(=O)c1cnc2cc(C)nn2c1C. The summed E-state index contributed by atoms with van der Waals surface area (Å²) in [5.74, 6) is -0.330. The van der Waals surface area contributed by atoms with Gasteiger partial charge in [0.25, 0.3) is 0 Å². The summed E-state index contributed by atoms with van der Waals surface area (Å²) < 4.78 is 6.86. The monoisotopic (exact) mass is 247 g/mol. The van der Waals surface area contributed by atoms with Crippen LogP contribution >= 0.6 is 0 Å². The molecule has 0 saturated heterocycles. The summed E-state index contributed by atoms with van der Waals surface area (Å²) >= 11 is 0. The van der Waals surface area contributed by atoms with Crippen molar-refractivity contribution >= 4 is 11.6 Å². The molecule has 0 aromatic carbocycles. The smallest absolute Gasteiger partial charge is 0.341 e. The van der Waals surface area contributed by atoms with E-state index in [4.69, 9.17) is 4.74 Å². The standard InChI is InChI=1S/C13H17N3O2/c1-4-5-6-18-13(17)11-8-14-12-7-9(2)15-16(12)10(11)3/h7-8H,4-6H2,1-3H3. The summed E-state index contributed by atoms with van der Waals surface area (Å²) in [6, 6.07) is 1.87. The second-order valence-corrected chi connectivity index (χ2v) is 4.30. The van der Waals surface area contributed by atoms with Gasteiger partial charge >= 0.3 is 5.97 Å². The molecule has 2 aromatic heterocycles. The first-order valence-electron chi connectivity index (χ1n) is 6.12. The van der Waals surface area contributed by atoms with Gasteiger partial charge in [0.2, 0.25) is 0 Å². The number of aryl methyl sites for hydroxylation is 2. The largest absolute Gasteiger partial charge is 0.462 e. The minimum absolute atomic E-state index is 0.330. The van der Waals surface area contributed by atoms with Gasteiger partial charge in [-0.25, -0.2) is 14.3 Å². The van der Waals surface area contributed by atoms with E-state index in [1.807, 2.05) is 19.9 Å². The molecular formula is C13H17N3O2. The van der Waals surface area contributed by atoms with Crippen molar-refractivity contribution < 1.29 is 9.53 Å². The van der Waals surface area contributed by atoms with Crippen molar-refractivity contribution in [2.45, 2.75) is 33.6 Å². The zero-order valence-electron chi connectivity index (χ0n) is 10.9. The fourth-order valence-corrected chi connectivity index (χ4v) is 1.75. The zero-order valence-corrected chi connectivity index (χ0v) is 10.9. The predicted molar refractivity (Wildman–Crippen MR) is 67.7 cm³/mol.